The predicted molar refractivity (Wildman–Crippen MR) is 158 cm³/mol. The highest BCUT2D eigenvalue weighted by atomic mass is 16.8. The summed E-state index contributed by atoms with van der Waals surface area (Å²) in [5.74, 6) is -3.70. The minimum Gasteiger partial charge on any atom is -0.550 e. The van der Waals surface area contributed by atoms with E-state index in [1.54, 1.807) is 12.4 Å². The first-order chi connectivity index (χ1) is 22.2. The van der Waals surface area contributed by atoms with Crippen LogP contribution in [0.2, 0.25) is 0 Å². The lowest BCUT2D eigenvalue weighted by Gasteiger charge is -2.44. The molecule has 1 aliphatic carbocycles. The molecule has 0 bridgehead atoms. The first kappa shape index (κ1) is 36.4. The van der Waals surface area contributed by atoms with Crippen molar-refractivity contribution >= 4 is 11.9 Å². The third kappa shape index (κ3) is 9.14. The van der Waals surface area contributed by atoms with Gasteiger partial charge in [0.15, 0.2) is 13.0 Å². The van der Waals surface area contributed by atoms with Gasteiger partial charge in [-0.3, -0.25) is 0 Å². The van der Waals surface area contributed by atoms with E-state index >= 15 is 0 Å². The number of nitrogens with two attached hydrogens (primary N) is 1. The molecule has 2 saturated heterocycles. The van der Waals surface area contributed by atoms with Crippen molar-refractivity contribution in [3.63, 3.8) is 0 Å². The largest absolute Gasteiger partial charge is 0.550 e. The van der Waals surface area contributed by atoms with E-state index < -0.39 is 73.3 Å². The number of aliphatic hydroxyl groups is 4. The molecule has 7 N–H and O–H groups in total. The highest BCUT2D eigenvalue weighted by molar-refractivity contribution is 5.89. The number of rotatable bonds is 13. The van der Waals surface area contributed by atoms with Crippen molar-refractivity contribution in [2.24, 2.45) is 23.7 Å². The van der Waals surface area contributed by atoms with Gasteiger partial charge in [-0.25, -0.2) is 4.79 Å². The number of likely N-dealkylation sites (tertiary alicyclic amines) is 1. The molecule has 0 aromatic heterocycles. The molecule has 11 atom stereocenters. The average Bonchev–Trinajstić information content (AvgIpc) is 3.06. The van der Waals surface area contributed by atoms with Crippen LogP contribution in [0.4, 0.5) is 0 Å². The van der Waals surface area contributed by atoms with Crippen molar-refractivity contribution < 1.29 is 69.0 Å². The van der Waals surface area contributed by atoms with Gasteiger partial charge in [0, 0.05) is 17.8 Å². The molecule has 3 fully saturated rings. The molecule has 0 spiro atoms. The number of carbonyl (C=O) groups excluding carboxylic acids is 2. The number of esters is 1. The molecular formula is C32H51N2O12+. The number of aliphatic hydroxyl groups excluding tert-OH is 4. The summed E-state index contributed by atoms with van der Waals surface area (Å²) in [6.45, 7) is 0.909. The van der Waals surface area contributed by atoms with E-state index in [-0.39, 0.29) is 24.8 Å². The topological polar surface area (TPSA) is 205 Å². The Morgan fingerprint density at radius 2 is 1.87 bits per heavy atom. The Bertz CT molecular complexity index is 1090. The lowest BCUT2D eigenvalue weighted by atomic mass is 9.79. The van der Waals surface area contributed by atoms with Crippen molar-refractivity contribution in [2.75, 3.05) is 53.7 Å². The Labute approximate surface area is 269 Å². The number of carboxylic acid groups (broad SMARTS) is 1. The maximum absolute atomic E-state index is 13.1. The molecule has 0 amide bonds. The van der Waals surface area contributed by atoms with Crippen LogP contribution < -0.4 is 15.3 Å². The van der Waals surface area contributed by atoms with E-state index in [4.69, 9.17) is 23.7 Å². The second-order valence-electron chi connectivity index (χ2n) is 12.6. The lowest BCUT2D eigenvalue weighted by Crippen LogP contribution is -3.15. The maximum atomic E-state index is 13.1. The number of allylic oxidation sites excluding steroid dienone is 2. The molecule has 14 heteroatoms. The van der Waals surface area contributed by atoms with E-state index in [0.717, 1.165) is 37.0 Å². The highest BCUT2D eigenvalue weighted by Crippen LogP contribution is 2.39. The maximum Gasteiger partial charge on any atom is 0.337 e. The summed E-state index contributed by atoms with van der Waals surface area (Å²) in [4.78, 5) is 25.8. The second-order valence-corrected chi connectivity index (χ2v) is 12.6. The second kappa shape index (κ2) is 17.7. The third-order valence-electron chi connectivity index (χ3n) is 9.37. The SMILES string of the molecule is C[NH2+]CO[C@@H]1[C@H](O[C@H]2OC=C(C(=O)OC)[C@@H](C=CC3CC(C(=O)[O-])C[NH+](CCO)C3)[C@H]2C=C2CCCCC2)O[C@H](CO)[C@@H](O)[C@@H]1O. The van der Waals surface area contributed by atoms with Crippen LogP contribution in [-0.4, -0.2) is 123 Å². The fraction of sp³-hybridized carbons (Fsp3) is 0.750. The molecule has 14 nitrogen and oxygen atoms in total. The minimum absolute atomic E-state index is 0.0670. The Morgan fingerprint density at radius 3 is 2.52 bits per heavy atom. The zero-order chi connectivity index (χ0) is 33.2. The van der Waals surface area contributed by atoms with Gasteiger partial charge in [-0.2, -0.15) is 0 Å². The van der Waals surface area contributed by atoms with Crippen molar-refractivity contribution in [1.29, 1.82) is 0 Å². The van der Waals surface area contributed by atoms with Gasteiger partial charge in [0.25, 0.3) is 0 Å². The van der Waals surface area contributed by atoms with Gasteiger partial charge in [-0.1, -0.05) is 30.2 Å². The minimum atomic E-state index is -1.42. The molecule has 4 rings (SSSR count). The predicted octanol–water partition coefficient (Wildman–Crippen LogP) is -3.67. The van der Waals surface area contributed by atoms with Gasteiger partial charge in [0.05, 0.1) is 64.2 Å². The van der Waals surface area contributed by atoms with Gasteiger partial charge in [-0.05, 0) is 32.1 Å². The van der Waals surface area contributed by atoms with Crippen LogP contribution in [0, 0.1) is 23.7 Å². The molecule has 0 aromatic rings. The van der Waals surface area contributed by atoms with E-state index in [0.29, 0.717) is 26.1 Å². The normalized spacial score (nSPS) is 37.0. The standard InChI is InChI=1S/C32H50N2O12/c1-33-18-44-28-27(38)26(37)25(16-36)45-32(28)46-31-23(13-19-6-4-3-5-7-19)22(24(17-43-31)30(41)42-2)9-8-20-12-21(29(39)40)15-34(14-20)10-11-35/h8-9,13,17,20-23,25-28,31-33,35-38H,3-7,10-12,14-16,18H2,1-2H3,(H,39,40)/p+1/t20?,21?,22-,23+,25+,26+,27-,28-,31+,32-/m0/s1. The van der Waals surface area contributed by atoms with E-state index in [2.05, 4.69) is 6.08 Å². The van der Waals surface area contributed by atoms with Crippen LogP contribution in [0.1, 0.15) is 38.5 Å². The highest BCUT2D eigenvalue weighted by Gasteiger charge is 2.49. The Balaban J connectivity index is 1.69. The van der Waals surface area contributed by atoms with Crippen LogP contribution in [0.25, 0.3) is 0 Å². The molecule has 4 aliphatic rings. The molecule has 3 aliphatic heterocycles. The Hall–Kier alpha value is -2.40. The number of carbonyl (C=O) groups is 2. The number of methoxy groups -OCH3 is 1. The number of ether oxygens (including phenoxy) is 5. The van der Waals surface area contributed by atoms with Gasteiger partial charge in [0.1, 0.15) is 31.0 Å². The summed E-state index contributed by atoms with van der Waals surface area (Å²) in [6.07, 6.45) is 5.13. The van der Waals surface area contributed by atoms with Crippen LogP contribution >= 0.6 is 0 Å². The first-order valence-corrected chi connectivity index (χ1v) is 16.3. The summed E-state index contributed by atoms with van der Waals surface area (Å²) in [5.41, 5.74) is 1.44. The molecule has 3 heterocycles. The molecule has 1 saturated carbocycles. The van der Waals surface area contributed by atoms with Crippen molar-refractivity contribution in [3.05, 3.63) is 35.6 Å². The molecule has 0 radical (unpaired) electrons. The van der Waals surface area contributed by atoms with Gasteiger partial charge < -0.3 is 64.2 Å². The molecular weight excluding hydrogens is 604 g/mol. The fourth-order valence-corrected chi connectivity index (χ4v) is 6.95. The Morgan fingerprint density at radius 1 is 1.11 bits per heavy atom. The van der Waals surface area contributed by atoms with E-state index in [1.165, 1.54) is 18.9 Å². The first-order valence-electron chi connectivity index (χ1n) is 16.3. The van der Waals surface area contributed by atoms with Gasteiger partial charge >= 0.3 is 5.97 Å². The number of hydrogen-bond donors (Lipinski definition) is 6. The zero-order valence-electron chi connectivity index (χ0n) is 26.7. The summed E-state index contributed by atoms with van der Waals surface area (Å²) in [5, 5.41) is 54.3. The number of nitrogens with one attached hydrogen (secondary N) is 1. The summed E-state index contributed by atoms with van der Waals surface area (Å²) < 4.78 is 29.2. The van der Waals surface area contributed by atoms with Crippen molar-refractivity contribution in [2.45, 2.75) is 75.5 Å². The quantitative estimate of drug-likeness (QED) is 0.0646. The van der Waals surface area contributed by atoms with Crippen LogP contribution in [0.15, 0.2) is 35.6 Å². The lowest BCUT2D eigenvalue weighted by molar-refractivity contribution is -0.911. The molecule has 46 heavy (non-hydrogen) atoms. The number of quaternary nitrogens is 2. The summed E-state index contributed by atoms with van der Waals surface area (Å²) >= 11 is 0. The van der Waals surface area contributed by atoms with Gasteiger partial charge in [0.2, 0.25) is 6.29 Å². The number of hydrogen-bond acceptors (Lipinski definition) is 12. The summed E-state index contributed by atoms with van der Waals surface area (Å²) in [7, 11) is 3.06. The zero-order valence-corrected chi connectivity index (χ0v) is 26.7. The van der Waals surface area contributed by atoms with Crippen LogP contribution in [-0.2, 0) is 33.3 Å². The monoisotopic (exact) mass is 655 g/mol. The van der Waals surface area contributed by atoms with E-state index in [9.17, 15) is 35.1 Å². The Kier molecular flexibility index (Phi) is 14.0. The van der Waals surface area contributed by atoms with Crippen molar-refractivity contribution in [3.8, 4) is 0 Å². The summed E-state index contributed by atoms with van der Waals surface area (Å²) in [6, 6.07) is 0. The molecule has 0 aromatic carbocycles. The number of carboxylic acids is 1. The molecule has 260 valence electrons. The molecule has 3 unspecified atom stereocenters. The number of aliphatic carboxylic acids is 1. The fourth-order valence-electron chi connectivity index (χ4n) is 6.95. The van der Waals surface area contributed by atoms with Crippen molar-refractivity contribution in [1.82, 2.24) is 0 Å². The van der Waals surface area contributed by atoms with Crippen LogP contribution in [0.5, 0.6) is 0 Å². The van der Waals surface area contributed by atoms with E-state index in [1.807, 2.05) is 12.2 Å². The third-order valence-corrected chi connectivity index (χ3v) is 9.37. The van der Waals surface area contributed by atoms with Crippen LogP contribution in [0.3, 0.4) is 0 Å². The average molecular weight is 656 g/mol. The van der Waals surface area contributed by atoms with Gasteiger partial charge in [-0.15, -0.1) is 0 Å². The smallest absolute Gasteiger partial charge is 0.337 e. The number of piperidine rings is 1.